The van der Waals surface area contributed by atoms with Gasteiger partial charge < -0.3 is 0 Å². The Morgan fingerprint density at radius 2 is 1.53 bits per heavy atom. The molecule has 1 fully saturated rings. The summed E-state index contributed by atoms with van der Waals surface area (Å²) in [7, 11) is 0. The molecule has 30 heavy (non-hydrogen) atoms. The number of nitrogens with zero attached hydrogens (tertiary/aromatic N) is 1. The molecule has 6 heteroatoms. The molecule has 0 radical (unpaired) electrons. The van der Waals surface area contributed by atoms with E-state index in [0.29, 0.717) is 4.32 Å². The SMILES string of the molecule is O=C([C@H]([Se]c1ccccc1)[C@@H](O)c1ccccc1)N1C(=S)SC[C@H]1c1ccccc1. The summed E-state index contributed by atoms with van der Waals surface area (Å²) in [6.07, 6.45) is -0.885. The Hall–Kier alpha value is -1.95. The first-order valence-corrected chi connectivity index (χ1v) is 12.9. The van der Waals surface area contributed by atoms with Crippen LogP contribution >= 0.6 is 24.0 Å². The van der Waals surface area contributed by atoms with Crippen molar-refractivity contribution in [3.05, 3.63) is 102 Å². The van der Waals surface area contributed by atoms with Crippen molar-refractivity contribution >= 4 is 53.6 Å². The van der Waals surface area contributed by atoms with Gasteiger partial charge in [-0.2, -0.15) is 0 Å². The molecular weight excluding hydrogens is 477 g/mol. The van der Waals surface area contributed by atoms with Gasteiger partial charge in [0.1, 0.15) is 0 Å². The molecular formula is C24H21NO2S2Se. The molecule has 3 aromatic rings. The summed E-state index contributed by atoms with van der Waals surface area (Å²) in [6.45, 7) is 0. The van der Waals surface area contributed by atoms with Gasteiger partial charge in [0, 0.05) is 0 Å². The van der Waals surface area contributed by atoms with Crippen LogP contribution in [0.3, 0.4) is 0 Å². The van der Waals surface area contributed by atoms with E-state index in [1.807, 2.05) is 91.0 Å². The molecule has 4 rings (SSSR count). The van der Waals surface area contributed by atoms with E-state index in [1.54, 1.807) is 4.90 Å². The standard InChI is InChI=1S/C24H21NO2S2Se/c26-21(18-12-6-2-7-13-18)22(30-19-14-8-3-9-15-19)23(27)25-20(16-29-24(25)28)17-10-4-1-5-11-17/h1-15,20-22,26H,16H2/t20-,21-,22+/m0/s1. The van der Waals surface area contributed by atoms with Gasteiger partial charge in [0.15, 0.2) is 0 Å². The van der Waals surface area contributed by atoms with Gasteiger partial charge in [-0.05, 0) is 0 Å². The number of hydrogen-bond acceptors (Lipinski definition) is 4. The fourth-order valence-electron chi connectivity index (χ4n) is 3.44. The molecule has 0 aliphatic carbocycles. The first kappa shape index (κ1) is 21.3. The third kappa shape index (κ3) is 4.69. The maximum atomic E-state index is 13.8. The van der Waals surface area contributed by atoms with Crippen molar-refractivity contribution in [2.45, 2.75) is 17.0 Å². The fraction of sp³-hybridized carbons (Fsp3) is 0.167. The van der Waals surface area contributed by atoms with Gasteiger partial charge in [-0.1, -0.05) is 0 Å². The second-order valence-electron chi connectivity index (χ2n) is 6.92. The number of aliphatic hydroxyl groups is 1. The molecule has 0 bridgehead atoms. The Morgan fingerprint density at radius 1 is 0.967 bits per heavy atom. The number of carbonyl (C=O) groups is 1. The number of aliphatic hydroxyl groups excluding tert-OH is 1. The van der Waals surface area contributed by atoms with Crippen LogP contribution in [0.25, 0.3) is 0 Å². The number of carbonyl (C=O) groups excluding carboxylic acids is 1. The molecule has 3 atom stereocenters. The number of amides is 1. The van der Waals surface area contributed by atoms with E-state index in [2.05, 4.69) is 0 Å². The van der Waals surface area contributed by atoms with E-state index >= 15 is 0 Å². The molecule has 1 amide bonds. The second-order valence-corrected chi connectivity index (χ2v) is 11.1. The quantitative estimate of drug-likeness (QED) is 0.410. The van der Waals surface area contributed by atoms with Gasteiger partial charge in [-0.25, -0.2) is 0 Å². The third-order valence-electron chi connectivity index (χ3n) is 4.97. The van der Waals surface area contributed by atoms with Crippen molar-refractivity contribution in [1.82, 2.24) is 4.90 Å². The van der Waals surface area contributed by atoms with Crippen LogP contribution in [0.15, 0.2) is 91.0 Å². The van der Waals surface area contributed by atoms with Gasteiger partial charge in [0.2, 0.25) is 0 Å². The fourth-order valence-corrected chi connectivity index (χ4v) is 7.19. The third-order valence-corrected chi connectivity index (χ3v) is 9.09. The van der Waals surface area contributed by atoms with Gasteiger partial charge in [-0.3, -0.25) is 0 Å². The summed E-state index contributed by atoms with van der Waals surface area (Å²) in [5.74, 6) is 0.639. The topological polar surface area (TPSA) is 40.5 Å². The molecule has 0 aromatic heterocycles. The predicted molar refractivity (Wildman–Crippen MR) is 128 cm³/mol. The first-order chi connectivity index (χ1) is 14.6. The van der Waals surface area contributed by atoms with E-state index < -0.39 is 10.9 Å². The number of hydrogen-bond donors (Lipinski definition) is 1. The molecule has 0 saturated carbocycles. The second kappa shape index (κ2) is 9.90. The van der Waals surface area contributed by atoms with Crippen LogP contribution in [0, 0.1) is 0 Å². The van der Waals surface area contributed by atoms with E-state index in [-0.39, 0.29) is 26.9 Å². The van der Waals surface area contributed by atoms with Crippen LogP contribution < -0.4 is 4.46 Å². The van der Waals surface area contributed by atoms with Crippen molar-refractivity contribution in [3.63, 3.8) is 0 Å². The van der Waals surface area contributed by atoms with Crippen molar-refractivity contribution in [3.8, 4) is 0 Å². The first-order valence-electron chi connectivity index (χ1n) is 9.64. The monoisotopic (exact) mass is 499 g/mol. The van der Waals surface area contributed by atoms with Crippen molar-refractivity contribution in [2.24, 2.45) is 0 Å². The summed E-state index contributed by atoms with van der Waals surface area (Å²) < 4.78 is 1.66. The molecule has 1 saturated heterocycles. The van der Waals surface area contributed by atoms with Crippen molar-refractivity contribution < 1.29 is 9.90 Å². The Labute approximate surface area is 192 Å². The number of rotatable bonds is 6. The minimum absolute atomic E-state index is 0.0981. The Balaban J connectivity index is 1.68. The van der Waals surface area contributed by atoms with Gasteiger partial charge in [0.25, 0.3) is 0 Å². The van der Waals surface area contributed by atoms with Crippen LogP contribution in [-0.2, 0) is 4.79 Å². The van der Waals surface area contributed by atoms with Gasteiger partial charge in [0.05, 0.1) is 0 Å². The average molecular weight is 499 g/mol. The minimum atomic E-state index is -0.885. The van der Waals surface area contributed by atoms with E-state index in [1.165, 1.54) is 11.8 Å². The van der Waals surface area contributed by atoms with Crippen LogP contribution in [0.1, 0.15) is 23.3 Å². The molecule has 0 unspecified atom stereocenters. The van der Waals surface area contributed by atoms with Gasteiger partial charge in [-0.15, -0.1) is 0 Å². The zero-order valence-electron chi connectivity index (χ0n) is 16.1. The van der Waals surface area contributed by atoms with Gasteiger partial charge >= 0.3 is 193 Å². The number of thioether (sulfide) groups is 1. The van der Waals surface area contributed by atoms with E-state index in [4.69, 9.17) is 12.2 Å². The predicted octanol–water partition coefficient (Wildman–Crippen LogP) is 4.14. The molecule has 1 N–H and O–H groups in total. The van der Waals surface area contributed by atoms with Crippen LogP contribution in [-0.4, -0.2) is 40.9 Å². The maximum absolute atomic E-state index is 13.8. The Kier molecular flexibility index (Phi) is 7.03. The van der Waals surface area contributed by atoms with Crippen LogP contribution in [0.5, 0.6) is 0 Å². The summed E-state index contributed by atoms with van der Waals surface area (Å²) in [6, 6.07) is 29.3. The van der Waals surface area contributed by atoms with Crippen molar-refractivity contribution in [2.75, 3.05) is 5.75 Å². The number of benzene rings is 3. The molecule has 152 valence electrons. The summed E-state index contributed by atoms with van der Waals surface area (Å²) in [5, 5.41) is 11.2. The molecule has 1 heterocycles. The molecule has 1 aliphatic heterocycles. The Morgan fingerprint density at radius 3 is 2.17 bits per heavy atom. The zero-order valence-corrected chi connectivity index (χ0v) is 19.5. The summed E-state index contributed by atoms with van der Waals surface area (Å²) in [4.78, 5) is 15.0. The normalized spacial score (nSPS) is 18.2. The summed E-state index contributed by atoms with van der Waals surface area (Å²) in [5.41, 5.74) is 1.82. The summed E-state index contributed by atoms with van der Waals surface area (Å²) >= 11 is 6.85. The molecule has 1 aliphatic rings. The molecule has 3 nitrogen and oxygen atoms in total. The molecule has 0 spiro atoms. The zero-order chi connectivity index (χ0) is 20.9. The molecule has 3 aromatic carbocycles. The van der Waals surface area contributed by atoms with E-state index in [9.17, 15) is 9.90 Å². The van der Waals surface area contributed by atoms with Crippen LogP contribution in [0.2, 0.25) is 4.82 Å². The van der Waals surface area contributed by atoms with Crippen molar-refractivity contribution in [1.29, 1.82) is 0 Å². The van der Waals surface area contributed by atoms with E-state index in [0.717, 1.165) is 21.3 Å². The number of thiocarbonyl (C=S) groups is 1. The average Bonchev–Trinajstić information content (AvgIpc) is 3.20. The van der Waals surface area contributed by atoms with Crippen LogP contribution in [0.4, 0.5) is 0 Å². The Bertz CT molecular complexity index is 1000.